The predicted octanol–water partition coefficient (Wildman–Crippen LogP) is 2.36. The van der Waals surface area contributed by atoms with Crippen LogP contribution in [0.5, 0.6) is 0 Å². The van der Waals surface area contributed by atoms with Crippen LogP contribution in [0, 0.1) is 6.92 Å². The van der Waals surface area contributed by atoms with Gasteiger partial charge >= 0.3 is 0 Å². The summed E-state index contributed by atoms with van der Waals surface area (Å²) in [5.74, 6) is -0.0186. The van der Waals surface area contributed by atoms with Crippen LogP contribution in [0.15, 0.2) is 30.3 Å². The first-order chi connectivity index (χ1) is 11.7. The van der Waals surface area contributed by atoms with Gasteiger partial charge in [-0.15, -0.1) is 5.10 Å². The number of benzene rings is 1. The fourth-order valence-corrected chi connectivity index (χ4v) is 3.74. The Kier molecular flexibility index (Phi) is 4.06. The number of morpholine rings is 1. The lowest BCUT2D eigenvalue weighted by atomic mass is 9.90. The molecule has 126 valence electrons. The molecule has 2 fully saturated rings. The fraction of sp³-hybridized carbons (Fsp3) is 0.500. The van der Waals surface area contributed by atoms with Gasteiger partial charge in [0.15, 0.2) is 5.69 Å². The minimum absolute atomic E-state index is 0.0186. The smallest absolute Gasteiger partial charge is 0.276 e. The van der Waals surface area contributed by atoms with Gasteiger partial charge in [0.1, 0.15) is 0 Å². The first-order valence-electron chi connectivity index (χ1n) is 8.66. The molecule has 0 N–H and O–H groups in total. The summed E-state index contributed by atoms with van der Waals surface area (Å²) in [5.41, 5.74) is 1.98. The molecule has 0 radical (unpaired) electrons. The second kappa shape index (κ2) is 6.36. The topological polar surface area (TPSA) is 60.2 Å². The van der Waals surface area contributed by atoms with Gasteiger partial charge in [-0.2, -0.15) is 9.90 Å². The number of rotatable bonds is 2. The number of fused-ring (bicyclic) bond motifs is 1. The Hall–Kier alpha value is -2.21. The van der Waals surface area contributed by atoms with Crippen LogP contribution >= 0.6 is 0 Å². The van der Waals surface area contributed by atoms with Crippen molar-refractivity contribution in [2.75, 3.05) is 13.2 Å². The number of aryl methyl sites for hydroxylation is 1. The van der Waals surface area contributed by atoms with Crippen LogP contribution in [0.25, 0.3) is 5.69 Å². The summed E-state index contributed by atoms with van der Waals surface area (Å²) in [4.78, 5) is 16.6. The van der Waals surface area contributed by atoms with E-state index in [2.05, 4.69) is 10.2 Å². The number of carbonyl (C=O) groups is 1. The van der Waals surface area contributed by atoms with Crippen molar-refractivity contribution in [3.05, 3.63) is 41.7 Å². The van der Waals surface area contributed by atoms with E-state index in [0.29, 0.717) is 24.5 Å². The zero-order valence-corrected chi connectivity index (χ0v) is 13.9. The van der Waals surface area contributed by atoms with Gasteiger partial charge in [-0.3, -0.25) is 4.79 Å². The van der Waals surface area contributed by atoms with Gasteiger partial charge in [-0.25, -0.2) is 0 Å². The van der Waals surface area contributed by atoms with Crippen LogP contribution in [-0.2, 0) is 4.74 Å². The molecule has 6 nitrogen and oxygen atoms in total. The molecule has 0 spiro atoms. The summed E-state index contributed by atoms with van der Waals surface area (Å²) < 4.78 is 5.87. The minimum Gasteiger partial charge on any atom is -0.374 e. The van der Waals surface area contributed by atoms with Gasteiger partial charge in [0, 0.05) is 6.54 Å². The van der Waals surface area contributed by atoms with Gasteiger partial charge in [0.25, 0.3) is 5.91 Å². The zero-order valence-electron chi connectivity index (χ0n) is 13.9. The molecule has 1 aromatic heterocycles. The quantitative estimate of drug-likeness (QED) is 0.850. The monoisotopic (exact) mass is 326 g/mol. The van der Waals surface area contributed by atoms with Crippen molar-refractivity contribution in [1.29, 1.82) is 0 Å². The highest BCUT2D eigenvalue weighted by atomic mass is 16.5. The van der Waals surface area contributed by atoms with E-state index in [4.69, 9.17) is 4.74 Å². The number of para-hydroxylation sites is 1. The van der Waals surface area contributed by atoms with Crippen LogP contribution in [0.2, 0.25) is 0 Å². The van der Waals surface area contributed by atoms with Crippen molar-refractivity contribution in [2.24, 2.45) is 0 Å². The van der Waals surface area contributed by atoms with E-state index in [9.17, 15) is 4.79 Å². The molecule has 2 aliphatic rings. The fourth-order valence-electron chi connectivity index (χ4n) is 3.74. The summed E-state index contributed by atoms with van der Waals surface area (Å²) in [5, 5.41) is 8.89. The third-order valence-corrected chi connectivity index (χ3v) is 4.96. The third-order valence-electron chi connectivity index (χ3n) is 4.96. The van der Waals surface area contributed by atoms with Crippen LogP contribution in [0.4, 0.5) is 0 Å². The van der Waals surface area contributed by atoms with E-state index in [1.165, 1.54) is 6.42 Å². The van der Waals surface area contributed by atoms with E-state index in [1.807, 2.05) is 42.2 Å². The van der Waals surface area contributed by atoms with E-state index in [-0.39, 0.29) is 18.1 Å². The lowest BCUT2D eigenvalue weighted by molar-refractivity contribution is -0.0754. The Morgan fingerprint density at radius 1 is 1.17 bits per heavy atom. The molecule has 1 amide bonds. The van der Waals surface area contributed by atoms with Gasteiger partial charge in [-0.1, -0.05) is 31.0 Å². The summed E-state index contributed by atoms with van der Waals surface area (Å²) in [6.07, 6.45) is 4.59. The maximum Gasteiger partial charge on any atom is 0.276 e. The lowest BCUT2D eigenvalue weighted by Gasteiger charge is -2.43. The normalized spacial score (nSPS) is 23.8. The Bertz CT molecular complexity index is 726. The number of aromatic nitrogens is 3. The number of hydrogen-bond acceptors (Lipinski definition) is 4. The van der Waals surface area contributed by atoms with Crippen LogP contribution < -0.4 is 0 Å². The predicted molar refractivity (Wildman–Crippen MR) is 89.1 cm³/mol. The second-order valence-corrected chi connectivity index (χ2v) is 6.52. The number of carbonyl (C=O) groups excluding carboxylic acids is 1. The van der Waals surface area contributed by atoms with Crippen LogP contribution in [-0.4, -0.2) is 51.1 Å². The number of amides is 1. The highest BCUT2D eigenvalue weighted by molar-refractivity contribution is 5.93. The largest absolute Gasteiger partial charge is 0.374 e. The van der Waals surface area contributed by atoms with E-state index < -0.39 is 0 Å². The molecule has 0 bridgehead atoms. The molecular formula is C18H22N4O2. The van der Waals surface area contributed by atoms with Crippen LogP contribution in [0.3, 0.4) is 0 Å². The maximum atomic E-state index is 13.1. The average Bonchev–Trinajstić information content (AvgIpc) is 3.03. The zero-order chi connectivity index (χ0) is 16.5. The number of hydrogen-bond donors (Lipinski definition) is 0. The third kappa shape index (κ3) is 2.71. The first-order valence-corrected chi connectivity index (χ1v) is 8.66. The molecule has 2 aromatic rings. The van der Waals surface area contributed by atoms with Crippen LogP contribution in [0.1, 0.15) is 41.9 Å². The van der Waals surface area contributed by atoms with Crippen molar-refractivity contribution < 1.29 is 9.53 Å². The highest BCUT2D eigenvalue weighted by Gasteiger charge is 2.38. The molecule has 2 atom stereocenters. The molecule has 0 unspecified atom stereocenters. The molecule has 1 aromatic carbocycles. The van der Waals surface area contributed by atoms with E-state index >= 15 is 0 Å². The second-order valence-electron chi connectivity index (χ2n) is 6.52. The van der Waals surface area contributed by atoms with Crippen molar-refractivity contribution >= 4 is 5.91 Å². The summed E-state index contributed by atoms with van der Waals surface area (Å²) in [7, 11) is 0. The first kappa shape index (κ1) is 15.3. The Morgan fingerprint density at radius 2 is 1.96 bits per heavy atom. The van der Waals surface area contributed by atoms with Crippen molar-refractivity contribution in [3.63, 3.8) is 0 Å². The molecule has 1 saturated heterocycles. The average molecular weight is 326 g/mol. The van der Waals surface area contributed by atoms with E-state index in [1.54, 1.807) is 4.80 Å². The van der Waals surface area contributed by atoms with Gasteiger partial charge in [-0.05, 0) is 31.9 Å². The molecule has 1 saturated carbocycles. The van der Waals surface area contributed by atoms with Gasteiger partial charge in [0.2, 0.25) is 0 Å². The molecule has 1 aliphatic heterocycles. The SMILES string of the molecule is Cc1nn(-c2ccccc2)nc1C(=O)N1CCO[C@H]2CCCC[C@@H]21. The standard InChI is InChI=1S/C18H22N4O2/c1-13-17(20-22(19-13)14-7-3-2-4-8-14)18(23)21-11-12-24-16-10-6-5-9-15(16)21/h2-4,7-8,15-16H,5-6,9-12H2,1H3/t15-,16-/m0/s1. The maximum absolute atomic E-state index is 13.1. The summed E-state index contributed by atoms with van der Waals surface area (Å²) in [6, 6.07) is 9.86. The molecular weight excluding hydrogens is 304 g/mol. The molecule has 6 heteroatoms. The Labute approximate surface area is 141 Å². The molecule has 2 heterocycles. The molecule has 4 rings (SSSR count). The highest BCUT2D eigenvalue weighted by Crippen LogP contribution is 2.29. The van der Waals surface area contributed by atoms with E-state index in [0.717, 1.165) is 24.9 Å². The van der Waals surface area contributed by atoms with Crippen molar-refractivity contribution in [1.82, 2.24) is 19.9 Å². The van der Waals surface area contributed by atoms with Crippen molar-refractivity contribution in [2.45, 2.75) is 44.8 Å². The van der Waals surface area contributed by atoms with Gasteiger partial charge in [0.05, 0.1) is 30.1 Å². The molecule has 24 heavy (non-hydrogen) atoms. The Balaban J connectivity index is 1.61. The summed E-state index contributed by atoms with van der Waals surface area (Å²) in [6.45, 7) is 3.09. The number of ether oxygens (including phenoxy) is 1. The minimum atomic E-state index is -0.0186. The summed E-state index contributed by atoms with van der Waals surface area (Å²) >= 11 is 0. The lowest BCUT2D eigenvalue weighted by Crippen LogP contribution is -2.55. The number of nitrogens with zero attached hydrogens (tertiary/aromatic N) is 4. The van der Waals surface area contributed by atoms with Gasteiger partial charge < -0.3 is 9.64 Å². The Morgan fingerprint density at radius 3 is 2.79 bits per heavy atom. The molecule has 1 aliphatic carbocycles. The van der Waals surface area contributed by atoms with Crippen molar-refractivity contribution in [3.8, 4) is 5.69 Å².